The second kappa shape index (κ2) is 10.0. The zero-order valence-electron chi connectivity index (χ0n) is 17.1. The van der Waals surface area contributed by atoms with Gasteiger partial charge in [-0.3, -0.25) is 5.01 Å². The lowest BCUT2D eigenvalue weighted by atomic mass is 9.97. The first-order chi connectivity index (χ1) is 16.2. The summed E-state index contributed by atoms with van der Waals surface area (Å²) < 4.78 is 46.3. The van der Waals surface area contributed by atoms with E-state index in [2.05, 4.69) is 11.0 Å². The van der Waals surface area contributed by atoms with Gasteiger partial charge >= 0.3 is 0 Å². The monoisotopic (exact) mass is 514 g/mol. The minimum absolute atomic E-state index is 0.0145. The lowest BCUT2D eigenvalue weighted by Crippen LogP contribution is -2.65. The summed E-state index contributed by atoms with van der Waals surface area (Å²) in [5, 5.41) is 41.9. The average Bonchev–Trinajstić information content (AvgIpc) is 3.29. The van der Waals surface area contributed by atoms with E-state index in [0.29, 0.717) is 4.90 Å². The molecule has 2 aliphatic heterocycles. The van der Waals surface area contributed by atoms with Crippen molar-refractivity contribution in [1.29, 1.82) is 5.26 Å². The maximum atomic E-state index is 13.6. The molecular weight excluding hydrogens is 497 g/mol. The van der Waals surface area contributed by atoms with Gasteiger partial charge in [0.15, 0.2) is 17.5 Å². The van der Waals surface area contributed by atoms with Gasteiger partial charge in [0, 0.05) is 16.7 Å². The highest BCUT2D eigenvalue weighted by atomic mass is 35.5. The topological polar surface area (TPSA) is 121 Å². The molecule has 2 heterocycles. The molecule has 180 valence electrons. The molecule has 5 atom stereocenters. The molecule has 5 N–H and O–H groups in total. The number of hydrazine groups is 2. The van der Waals surface area contributed by atoms with Crippen molar-refractivity contribution in [3.8, 4) is 6.07 Å². The molecule has 0 aromatic heterocycles. The Labute approximate surface area is 201 Å². The van der Waals surface area contributed by atoms with Crippen molar-refractivity contribution in [2.24, 2.45) is 0 Å². The van der Waals surface area contributed by atoms with Gasteiger partial charge in [-0.25, -0.2) is 13.2 Å². The Morgan fingerprint density at radius 2 is 1.85 bits per heavy atom. The highest BCUT2D eigenvalue weighted by Crippen LogP contribution is 2.37. The Morgan fingerprint density at radius 3 is 2.47 bits per heavy atom. The van der Waals surface area contributed by atoms with Crippen LogP contribution in [0, 0.1) is 28.8 Å². The number of halogens is 4. The van der Waals surface area contributed by atoms with E-state index in [9.17, 15) is 28.5 Å². The van der Waals surface area contributed by atoms with Gasteiger partial charge in [0.25, 0.3) is 0 Å². The molecule has 34 heavy (non-hydrogen) atoms. The van der Waals surface area contributed by atoms with Gasteiger partial charge in [0.05, 0.1) is 22.9 Å². The van der Waals surface area contributed by atoms with Crippen LogP contribution in [0.2, 0.25) is 5.02 Å². The van der Waals surface area contributed by atoms with Gasteiger partial charge in [-0.05, 0) is 30.3 Å². The molecule has 2 aromatic rings. The molecule has 1 saturated heterocycles. The zero-order valence-corrected chi connectivity index (χ0v) is 18.7. The molecule has 2 aromatic carbocycles. The lowest BCUT2D eigenvalue weighted by Gasteiger charge is -2.45. The summed E-state index contributed by atoms with van der Waals surface area (Å²) in [5.74, 6) is -4.35. The van der Waals surface area contributed by atoms with E-state index < -0.39 is 53.8 Å². The summed E-state index contributed by atoms with van der Waals surface area (Å²) in [4.78, 5) is 0.570. The smallest absolute Gasteiger partial charge is 0.194 e. The van der Waals surface area contributed by atoms with Crippen molar-refractivity contribution in [2.75, 3.05) is 6.61 Å². The molecule has 8 nitrogen and oxygen atoms in total. The minimum Gasteiger partial charge on any atom is -0.394 e. The van der Waals surface area contributed by atoms with E-state index in [0.717, 1.165) is 23.9 Å². The van der Waals surface area contributed by atoms with Gasteiger partial charge in [-0.1, -0.05) is 23.4 Å². The van der Waals surface area contributed by atoms with Gasteiger partial charge in [0.1, 0.15) is 35.9 Å². The van der Waals surface area contributed by atoms with E-state index in [1.165, 1.54) is 23.3 Å². The maximum Gasteiger partial charge on any atom is 0.194 e. The number of hydrogen-bond acceptors (Lipinski definition) is 9. The van der Waals surface area contributed by atoms with E-state index >= 15 is 0 Å². The number of aliphatic hydroxyl groups is 3. The fourth-order valence-corrected chi connectivity index (χ4v) is 5.02. The van der Waals surface area contributed by atoms with Gasteiger partial charge in [0.2, 0.25) is 0 Å². The SMILES string of the molecule is N#Cc1ccc(S[C@H]2OC(CO)[C@H](O)C(N3C=C(c4cc(F)c(F)c(F)c4)NN3)C2O)cc1Cl. The lowest BCUT2D eigenvalue weighted by molar-refractivity contribution is -0.189. The van der Waals surface area contributed by atoms with Crippen LogP contribution < -0.4 is 11.0 Å². The van der Waals surface area contributed by atoms with Crippen molar-refractivity contribution in [2.45, 2.75) is 34.7 Å². The number of nitrogens with one attached hydrogen (secondary N) is 2. The second-order valence-corrected chi connectivity index (χ2v) is 9.09. The van der Waals surface area contributed by atoms with Crippen LogP contribution >= 0.6 is 23.4 Å². The largest absolute Gasteiger partial charge is 0.394 e. The average molecular weight is 515 g/mol. The van der Waals surface area contributed by atoms with Crippen molar-refractivity contribution in [3.63, 3.8) is 0 Å². The van der Waals surface area contributed by atoms with Crippen LogP contribution in [-0.4, -0.2) is 56.7 Å². The Balaban J connectivity index is 1.59. The third-order valence-corrected chi connectivity index (χ3v) is 6.83. The molecule has 13 heteroatoms. The number of hydrogen-bond donors (Lipinski definition) is 5. The Kier molecular flexibility index (Phi) is 7.25. The fraction of sp³-hybridized carbons (Fsp3) is 0.286. The molecule has 2 aliphatic rings. The van der Waals surface area contributed by atoms with Crippen LogP contribution in [0.3, 0.4) is 0 Å². The summed E-state index contributed by atoms with van der Waals surface area (Å²) in [6.07, 6.45) is -2.43. The standard InChI is InChI=1S/C21H18ClF3N4O4S/c22-12-5-11(2-1-9(12)6-26)34-21-20(32)18(19(31)16(8-30)33-21)29-7-15(27-28-29)10-3-13(23)17(25)14(24)4-10/h1-5,7,16,18-21,27-28,30-32H,8H2/t16?,18?,19-,20?,21+/m0/s1. The number of benzene rings is 2. The molecule has 0 bridgehead atoms. The van der Waals surface area contributed by atoms with Crippen molar-refractivity contribution in [1.82, 2.24) is 16.0 Å². The van der Waals surface area contributed by atoms with Gasteiger partial charge in [-0.15, -0.1) is 5.53 Å². The normalized spacial score (nSPS) is 26.7. The van der Waals surface area contributed by atoms with Crippen molar-refractivity contribution in [3.05, 3.63) is 70.1 Å². The van der Waals surface area contributed by atoms with Crippen LogP contribution in [0.5, 0.6) is 0 Å². The number of rotatable bonds is 5. The molecule has 4 rings (SSSR count). The van der Waals surface area contributed by atoms with Crippen molar-refractivity contribution < 1.29 is 33.2 Å². The zero-order chi connectivity index (χ0) is 24.6. The van der Waals surface area contributed by atoms with E-state index in [4.69, 9.17) is 21.6 Å². The van der Waals surface area contributed by atoms with E-state index in [1.807, 2.05) is 6.07 Å². The number of thioether (sulfide) groups is 1. The van der Waals surface area contributed by atoms with Gasteiger partial charge < -0.3 is 25.5 Å². The number of aliphatic hydroxyl groups excluding tert-OH is 3. The minimum atomic E-state index is -1.60. The predicted molar refractivity (Wildman–Crippen MR) is 116 cm³/mol. The van der Waals surface area contributed by atoms with E-state index in [1.54, 1.807) is 6.07 Å². The summed E-state index contributed by atoms with van der Waals surface area (Å²) in [7, 11) is 0. The first kappa shape index (κ1) is 24.6. The molecule has 0 amide bonds. The summed E-state index contributed by atoms with van der Waals surface area (Å²) in [5.41, 5.74) is 4.77. The van der Waals surface area contributed by atoms with Crippen LogP contribution in [-0.2, 0) is 4.74 Å². The molecule has 1 fully saturated rings. The summed E-state index contributed by atoms with van der Waals surface area (Å²) in [6.45, 7) is -0.554. The third-order valence-electron chi connectivity index (χ3n) is 5.37. The summed E-state index contributed by atoms with van der Waals surface area (Å²) >= 11 is 7.14. The maximum absolute atomic E-state index is 13.6. The van der Waals surface area contributed by atoms with Gasteiger partial charge in [-0.2, -0.15) is 5.26 Å². The number of nitriles is 1. The Morgan fingerprint density at radius 1 is 1.15 bits per heavy atom. The predicted octanol–water partition coefficient (Wildman–Crippen LogP) is 1.85. The molecule has 0 aliphatic carbocycles. The third kappa shape index (κ3) is 4.69. The van der Waals surface area contributed by atoms with E-state index in [-0.39, 0.29) is 21.8 Å². The van der Waals surface area contributed by atoms with Crippen LogP contribution in [0.1, 0.15) is 11.1 Å². The fourth-order valence-electron chi connectivity index (χ4n) is 3.63. The highest BCUT2D eigenvalue weighted by molar-refractivity contribution is 7.99. The van der Waals surface area contributed by atoms with Crippen molar-refractivity contribution >= 4 is 29.1 Å². The Bertz CT molecular complexity index is 1140. The Hall–Kier alpha value is -2.50. The van der Waals surface area contributed by atoms with Crippen LogP contribution in [0.15, 0.2) is 41.4 Å². The molecule has 0 radical (unpaired) electrons. The first-order valence-electron chi connectivity index (χ1n) is 9.89. The second-order valence-electron chi connectivity index (χ2n) is 7.51. The quantitative estimate of drug-likeness (QED) is 0.381. The molecule has 0 spiro atoms. The molecular formula is C21H18ClF3N4O4S. The molecule has 3 unspecified atom stereocenters. The molecule has 0 saturated carbocycles. The van der Waals surface area contributed by atoms with Crippen LogP contribution in [0.4, 0.5) is 13.2 Å². The highest BCUT2D eigenvalue weighted by Gasteiger charge is 2.48. The number of nitrogens with zero attached hydrogens (tertiary/aromatic N) is 2. The summed E-state index contributed by atoms with van der Waals surface area (Å²) in [6, 6.07) is 7.12. The van der Waals surface area contributed by atoms with Crippen LogP contribution in [0.25, 0.3) is 5.70 Å². The first-order valence-corrected chi connectivity index (χ1v) is 11.1. The number of ether oxygens (including phenoxy) is 1.